The molecule has 2 aromatic carbocycles. The zero-order chi connectivity index (χ0) is 40.6. The van der Waals surface area contributed by atoms with E-state index in [1.807, 2.05) is 24.5 Å². The highest BCUT2D eigenvalue weighted by Gasteiger charge is 2.28. The van der Waals surface area contributed by atoms with E-state index in [4.69, 9.17) is 9.72 Å². The Labute approximate surface area is 337 Å². The number of pyridine rings is 2. The van der Waals surface area contributed by atoms with Crippen LogP contribution < -0.4 is 0 Å². The van der Waals surface area contributed by atoms with Crippen molar-refractivity contribution in [2.24, 2.45) is 7.05 Å². The molecule has 2 fully saturated rings. The van der Waals surface area contributed by atoms with E-state index in [0.717, 1.165) is 59.1 Å². The predicted octanol–water partition coefficient (Wildman–Crippen LogP) is 11.3. The molecule has 2 saturated carbocycles. The molecule has 0 bridgehead atoms. The summed E-state index contributed by atoms with van der Waals surface area (Å²) in [5.74, 6) is -0.0797. The summed E-state index contributed by atoms with van der Waals surface area (Å²) >= 11 is 0. The van der Waals surface area contributed by atoms with E-state index in [2.05, 4.69) is 119 Å². The van der Waals surface area contributed by atoms with E-state index in [0.29, 0.717) is 48.1 Å². The molecule has 0 radical (unpaired) electrons. The average molecular weight is 767 g/mol. The lowest BCUT2D eigenvalue weighted by Crippen LogP contribution is -2.15. The molecule has 2 aliphatic carbocycles. The van der Waals surface area contributed by atoms with E-state index in [1.54, 1.807) is 0 Å². The highest BCUT2D eigenvalue weighted by atomic mass is 16.5. The summed E-state index contributed by atoms with van der Waals surface area (Å²) in [6.45, 7) is 15.8. The van der Waals surface area contributed by atoms with Crippen LogP contribution >= 0.6 is 0 Å². The Morgan fingerprint density at radius 2 is 1.35 bits per heavy atom. The summed E-state index contributed by atoms with van der Waals surface area (Å²) in [6, 6.07) is 21.1. The molecule has 0 amide bonds. The van der Waals surface area contributed by atoms with Crippen molar-refractivity contribution < 1.29 is 19.4 Å². The number of aromatic nitrogens is 4. The van der Waals surface area contributed by atoms with Crippen molar-refractivity contribution in [1.29, 1.82) is 0 Å². The summed E-state index contributed by atoms with van der Waals surface area (Å²) in [5, 5.41) is 12.0. The van der Waals surface area contributed by atoms with Gasteiger partial charge in [0.05, 0.1) is 29.1 Å². The lowest BCUT2D eigenvalue weighted by Gasteiger charge is -2.19. The summed E-state index contributed by atoms with van der Waals surface area (Å²) < 4.78 is 7.77. The SMILES string of the molecule is CCCCOC(=O)c1cc(C2CC2)cnc1Cc1ccc2[nH]c(C(C)(C)C)cc2c1.Cn1c(C(C)(C)C)cc2cc(Cc3ncc(C4CC4)cc3C(=O)O)ccc21. The van der Waals surface area contributed by atoms with Crippen LogP contribution in [-0.2, 0) is 35.5 Å². The maximum absolute atomic E-state index is 12.8. The number of nitrogens with zero attached hydrogens (tertiary/aromatic N) is 3. The second-order valence-corrected chi connectivity index (χ2v) is 18.3. The number of rotatable bonds is 11. The molecule has 0 aliphatic heterocycles. The van der Waals surface area contributed by atoms with Gasteiger partial charge in [0.15, 0.2) is 0 Å². The molecular formula is C49H58N4O4. The number of hydrogen-bond acceptors (Lipinski definition) is 5. The molecule has 0 saturated heterocycles. The van der Waals surface area contributed by atoms with Gasteiger partial charge in [0.2, 0.25) is 0 Å². The van der Waals surface area contributed by atoms with Crippen molar-refractivity contribution in [3.63, 3.8) is 0 Å². The maximum Gasteiger partial charge on any atom is 0.340 e. The number of aromatic amines is 1. The Kier molecular flexibility index (Phi) is 11.2. The van der Waals surface area contributed by atoms with Crippen LogP contribution in [-0.4, -0.2) is 43.2 Å². The van der Waals surface area contributed by atoms with Crippen molar-refractivity contribution in [2.45, 2.75) is 122 Å². The van der Waals surface area contributed by atoms with Gasteiger partial charge in [0, 0.05) is 70.9 Å². The normalized spacial score (nSPS) is 14.5. The first-order valence-corrected chi connectivity index (χ1v) is 20.7. The van der Waals surface area contributed by atoms with Gasteiger partial charge in [-0.1, -0.05) is 67.0 Å². The Morgan fingerprint density at radius 3 is 1.91 bits per heavy atom. The standard InChI is InChI=1S/C26H32N2O2.C23H26N2O2/c1-5-6-11-30-25(29)21-14-20(18-8-9-18)16-27-23(21)13-17-7-10-22-19(12-17)15-24(28-22)26(2,3)4;1-23(2,3)21-12-16-9-14(5-8-20(16)25(21)4)10-19-18(22(26)27)11-17(13-24-19)15-6-7-15/h7,10,12,14-16,18,28H,5-6,8-9,11,13H2,1-4H3;5,8-9,11-13,15H,6-7,10H2,1-4H3,(H,26,27). The summed E-state index contributed by atoms with van der Waals surface area (Å²) in [4.78, 5) is 37.3. The molecule has 6 aromatic rings. The fraction of sp³-hybridized carbons (Fsp3) is 0.429. The van der Waals surface area contributed by atoms with Crippen LogP contribution in [0.15, 0.2) is 73.1 Å². The Bertz CT molecular complexity index is 2430. The average Bonchev–Trinajstić information content (AvgIpc) is 4.10. The highest BCUT2D eigenvalue weighted by molar-refractivity contribution is 5.91. The van der Waals surface area contributed by atoms with Crippen LogP contribution in [0.25, 0.3) is 21.8 Å². The minimum absolute atomic E-state index is 0.0740. The number of aromatic carboxylic acids is 1. The third kappa shape index (κ3) is 9.33. The van der Waals surface area contributed by atoms with Crippen LogP contribution in [0.5, 0.6) is 0 Å². The van der Waals surface area contributed by atoms with Gasteiger partial charge in [0.1, 0.15) is 0 Å². The molecule has 0 atom stereocenters. The number of aryl methyl sites for hydroxylation is 1. The number of fused-ring (bicyclic) bond motifs is 2. The van der Waals surface area contributed by atoms with E-state index in [1.165, 1.54) is 40.5 Å². The number of hydrogen-bond donors (Lipinski definition) is 2. The first kappa shape index (κ1) is 40.0. The smallest absolute Gasteiger partial charge is 0.340 e. The zero-order valence-corrected chi connectivity index (χ0v) is 35.0. The van der Waals surface area contributed by atoms with Crippen molar-refractivity contribution >= 4 is 33.7 Å². The number of ether oxygens (including phenoxy) is 1. The number of unbranched alkanes of at least 4 members (excludes halogenated alkanes) is 1. The number of carboxylic acids is 1. The molecule has 2 N–H and O–H groups in total. The van der Waals surface area contributed by atoms with E-state index in [9.17, 15) is 14.7 Å². The molecule has 8 rings (SSSR count). The number of carbonyl (C=O) groups is 2. The number of benzene rings is 2. The van der Waals surface area contributed by atoms with Gasteiger partial charge in [-0.25, -0.2) is 9.59 Å². The molecule has 298 valence electrons. The molecular weight excluding hydrogens is 709 g/mol. The van der Waals surface area contributed by atoms with Gasteiger partial charge in [-0.3, -0.25) is 9.97 Å². The van der Waals surface area contributed by atoms with Crippen molar-refractivity contribution in [2.75, 3.05) is 6.61 Å². The van der Waals surface area contributed by atoms with Crippen LogP contribution in [0, 0.1) is 0 Å². The predicted molar refractivity (Wildman–Crippen MR) is 229 cm³/mol. The minimum Gasteiger partial charge on any atom is -0.478 e. The summed E-state index contributed by atoms with van der Waals surface area (Å²) in [6.07, 6.45) is 11.5. The largest absolute Gasteiger partial charge is 0.478 e. The number of nitrogens with one attached hydrogen (secondary N) is 1. The molecule has 0 unspecified atom stereocenters. The zero-order valence-electron chi connectivity index (χ0n) is 35.0. The molecule has 57 heavy (non-hydrogen) atoms. The second kappa shape index (κ2) is 16.0. The maximum atomic E-state index is 12.8. The number of carboxylic acid groups (broad SMARTS) is 1. The fourth-order valence-corrected chi connectivity index (χ4v) is 7.64. The van der Waals surface area contributed by atoms with E-state index < -0.39 is 5.97 Å². The molecule has 4 aromatic heterocycles. The lowest BCUT2D eigenvalue weighted by molar-refractivity contribution is 0.0497. The second-order valence-electron chi connectivity index (χ2n) is 18.3. The van der Waals surface area contributed by atoms with Crippen molar-refractivity contribution in [1.82, 2.24) is 19.5 Å². The Hall–Kier alpha value is -5.24. The fourth-order valence-electron chi connectivity index (χ4n) is 7.64. The summed E-state index contributed by atoms with van der Waals surface area (Å²) in [7, 11) is 2.10. The van der Waals surface area contributed by atoms with E-state index in [-0.39, 0.29) is 16.8 Å². The van der Waals surface area contributed by atoms with Crippen LogP contribution in [0.1, 0.15) is 165 Å². The van der Waals surface area contributed by atoms with Gasteiger partial charge in [-0.15, -0.1) is 0 Å². The topological polar surface area (TPSA) is 110 Å². The highest BCUT2D eigenvalue weighted by Crippen LogP contribution is 2.41. The van der Waals surface area contributed by atoms with Gasteiger partial charge in [-0.2, -0.15) is 0 Å². The molecule has 0 spiro atoms. The molecule has 4 heterocycles. The van der Waals surface area contributed by atoms with Gasteiger partial charge in [-0.05, 0) is 120 Å². The lowest BCUT2D eigenvalue weighted by atomic mass is 9.92. The molecule has 8 nitrogen and oxygen atoms in total. The first-order chi connectivity index (χ1) is 27.1. The van der Waals surface area contributed by atoms with Crippen molar-refractivity contribution in [3.05, 3.63) is 129 Å². The van der Waals surface area contributed by atoms with Crippen LogP contribution in [0.2, 0.25) is 0 Å². The Morgan fingerprint density at radius 1 is 0.772 bits per heavy atom. The third-order valence-corrected chi connectivity index (χ3v) is 11.4. The number of carbonyl (C=O) groups excluding carboxylic acids is 1. The van der Waals surface area contributed by atoms with Gasteiger partial charge < -0.3 is 19.4 Å². The Balaban J connectivity index is 0.000000175. The number of esters is 1. The van der Waals surface area contributed by atoms with Crippen molar-refractivity contribution in [3.8, 4) is 0 Å². The minimum atomic E-state index is -0.893. The van der Waals surface area contributed by atoms with Crippen LogP contribution in [0.3, 0.4) is 0 Å². The number of H-pyrrole nitrogens is 1. The quantitative estimate of drug-likeness (QED) is 0.100. The summed E-state index contributed by atoms with van der Waals surface area (Å²) in [5.41, 5.74) is 11.8. The first-order valence-electron chi connectivity index (χ1n) is 20.7. The van der Waals surface area contributed by atoms with Gasteiger partial charge >= 0.3 is 11.9 Å². The molecule has 2 aliphatic rings. The van der Waals surface area contributed by atoms with Crippen LogP contribution in [0.4, 0.5) is 0 Å². The monoisotopic (exact) mass is 766 g/mol. The third-order valence-electron chi connectivity index (χ3n) is 11.4. The van der Waals surface area contributed by atoms with E-state index >= 15 is 0 Å². The molecule has 8 heteroatoms. The van der Waals surface area contributed by atoms with Gasteiger partial charge in [0.25, 0.3) is 0 Å².